The second-order valence-electron chi connectivity index (χ2n) is 4.70. The molecule has 2 aromatic carbocycles. The number of halogens is 1. The zero-order valence-corrected chi connectivity index (χ0v) is 14.2. The lowest BCUT2D eigenvalue weighted by atomic mass is 10.2. The highest BCUT2D eigenvalue weighted by molar-refractivity contribution is 7.80. The molecular weight excluding hydrogens is 332 g/mol. The van der Waals surface area contributed by atoms with Gasteiger partial charge in [0.1, 0.15) is 0 Å². The molecule has 0 bridgehead atoms. The van der Waals surface area contributed by atoms with Crippen LogP contribution in [0, 0.1) is 0 Å². The maximum Gasteiger partial charge on any atom is 0.338 e. The Morgan fingerprint density at radius 2 is 1.87 bits per heavy atom. The van der Waals surface area contributed by atoms with E-state index in [0.717, 1.165) is 11.3 Å². The van der Waals surface area contributed by atoms with Crippen LogP contribution in [0.25, 0.3) is 0 Å². The molecule has 0 amide bonds. The highest BCUT2D eigenvalue weighted by atomic mass is 35.5. The van der Waals surface area contributed by atoms with Crippen molar-refractivity contribution in [3.05, 3.63) is 64.7 Å². The summed E-state index contributed by atoms with van der Waals surface area (Å²) in [7, 11) is 0. The first-order valence-electron chi connectivity index (χ1n) is 7.15. The van der Waals surface area contributed by atoms with Gasteiger partial charge in [0.05, 0.1) is 12.2 Å². The van der Waals surface area contributed by atoms with Gasteiger partial charge in [-0.15, -0.1) is 0 Å². The summed E-state index contributed by atoms with van der Waals surface area (Å²) in [6.07, 6.45) is 0. The Morgan fingerprint density at radius 3 is 2.52 bits per heavy atom. The van der Waals surface area contributed by atoms with Crippen LogP contribution in [-0.2, 0) is 11.3 Å². The minimum Gasteiger partial charge on any atom is -0.462 e. The van der Waals surface area contributed by atoms with Gasteiger partial charge in [0.25, 0.3) is 0 Å². The normalized spacial score (nSPS) is 10.0. The fourth-order valence-corrected chi connectivity index (χ4v) is 2.29. The predicted molar refractivity (Wildman–Crippen MR) is 96.9 cm³/mol. The number of carbonyl (C=O) groups excluding carboxylic acids is 1. The number of thiocarbonyl (C=S) groups is 1. The highest BCUT2D eigenvalue weighted by Crippen LogP contribution is 2.14. The second-order valence-corrected chi connectivity index (χ2v) is 5.51. The van der Waals surface area contributed by atoms with Crippen LogP contribution in [-0.4, -0.2) is 17.7 Å². The van der Waals surface area contributed by atoms with E-state index < -0.39 is 0 Å². The van der Waals surface area contributed by atoms with E-state index in [0.29, 0.717) is 28.9 Å². The average Bonchev–Trinajstić information content (AvgIpc) is 2.55. The number of ether oxygens (including phenoxy) is 1. The molecule has 0 saturated carbocycles. The molecule has 120 valence electrons. The van der Waals surface area contributed by atoms with Crippen LogP contribution in [0.4, 0.5) is 5.69 Å². The molecule has 4 nitrogen and oxygen atoms in total. The lowest BCUT2D eigenvalue weighted by Gasteiger charge is -2.11. The van der Waals surface area contributed by atoms with E-state index in [9.17, 15) is 4.79 Å². The van der Waals surface area contributed by atoms with Crippen LogP contribution in [0.1, 0.15) is 22.8 Å². The van der Waals surface area contributed by atoms with E-state index in [4.69, 9.17) is 28.6 Å². The van der Waals surface area contributed by atoms with Crippen LogP contribution in [0.3, 0.4) is 0 Å². The molecule has 0 aliphatic carbocycles. The monoisotopic (exact) mass is 348 g/mol. The molecule has 2 rings (SSSR count). The van der Waals surface area contributed by atoms with Gasteiger partial charge < -0.3 is 15.4 Å². The Labute approximate surface area is 145 Å². The molecule has 0 aliphatic rings. The summed E-state index contributed by atoms with van der Waals surface area (Å²) in [5, 5.41) is 7.32. The Bertz CT molecular complexity index is 689. The predicted octanol–water partition coefficient (Wildman–Crippen LogP) is 4.00. The Hall–Kier alpha value is -2.11. The summed E-state index contributed by atoms with van der Waals surface area (Å²) in [5.74, 6) is -0.335. The van der Waals surface area contributed by atoms with Gasteiger partial charge in [0.2, 0.25) is 0 Å². The SMILES string of the molecule is CCOC(=O)c1ccc(NC(=S)NCc2ccccc2Cl)cc1. The van der Waals surface area contributed by atoms with E-state index in [1.165, 1.54) is 0 Å². The van der Waals surface area contributed by atoms with Crippen molar-refractivity contribution < 1.29 is 9.53 Å². The molecule has 23 heavy (non-hydrogen) atoms. The molecule has 2 N–H and O–H groups in total. The number of anilines is 1. The Kier molecular flexibility index (Phi) is 6.38. The van der Waals surface area contributed by atoms with Crippen molar-refractivity contribution in [2.75, 3.05) is 11.9 Å². The molecule has 2 aromatic rings. The van der Waals surface area contributed by atoms with E-state index >= 15 is 0 Å². The summed E-state index contributed by atoms with van der Waals surface area (Å²) in [6.45, 7) is 2.66. The molecular formula is C17H17ClN2O2S. The first-order valence-corrected chi connectivity index (χ1v) is 7.94. The van der Waals surface area contributed by atoms with Crippen LogP contribution in [0.5, 0.6) is 0 Å². The lowest BCUT2D eigenvalue weighted by molar-refractivity contribution is 0.0526. The van der Waals surface area contributed by atoms with Gasteiger partial charge in [-0.25, -0.2) is 4.79 Å². The van der Waals surface area contributed by atoms with Crippen molar-refractivity contribution in [2.45, 2.75) is 13.5 Å². The summed E-state index contributed by atoms with van der Waals surface area (Å²) in [4.78, 5) is 11.6. The van der Waals surface area contributed by atoms with Crippen molar-refractivity contribution in [3.8, 4) is 0 Å². The van der Waals surface area contributed by atoms with Crippen molar-refractivity contribution in [3.63, 3.8) is 0 Å². The van der Waals surface area contributed by atoms with Crippen LogP contribution in [0.2, 0.25) is 5.02 Å². The van der Waals surface area contributed by atoms with Gasteiger partial charge in [0.15, 0.2) is 5.11 Å². The van der Waals surface area contributed by atoms with Gasteiger partial charge in [-0.2, -0.15) is 0 Å². The third kappa shape index (κ3) is 5.23. The Balaban J connectivity index is 1.88. The number of benzene rings is 2. The smallest absolute Gasteiger partial charge is 0.338 e. The molecule has 0 fully saturated rings. The first-order chi connectivity index (χ1) is 11.1. The number of rotatable bonds is 5. The molecule has 0 aliphatic heterocycles. The molecule has 0 unspecified atom stereocenters. The second kappa shape index (κ2) is 8.50. The quantitative estimate of drug-likeness (QED) is 0.631. The fraction of sp³-hybridized carbons (Fsp3) is 0.176. The third-order valence-corrected chi connectivity index (χ3v) is 3.67. The van der Waals surface area contributed by atoms with E-state index in [1.54, 1.807) is 31.2 Å². The zero-order chi connectivity index (χ0) is 16.7. The molecule has 0 spiro atoms. The third-order valence-electron chi connectivity index (χ3n) is 3.05. The minimum absolute atomic E-state index is 0.335. The van der Waals surface area contributed by atoms with E-state index in [-0.39, 0.29) is 5.97 Å². The molecule has 0 atom stereocenters. The number of carbonyl (C=O) groups is 1. The summed E-state index contributed by atoms with van der Waals surface area (Å²) < 4.78 is 4.94. The standard InChI is InChI=1S/C17H17ClN2O2S/c1-2-22-16(21)12-7-9-14(10-8-12)20-17(23)19-11-13-5-3-4-6-15(13)18/h3-10H,2,11H2,1H3,(H2,19,20,23). The summed E-state index contributed by atoms with van der Waals surface area (Å²) in [5.41, 5.74) is 2.26. The summed E-state index contributed by atoms with van der Waals surface area (Å²) >= 11 is 11.3. The van der Waals surface area contributed by atoms with Gasteiger partial charge in [0, 0.05) is 17.3 Å². The minimum atomic E-state index is -0.335. The van der Waals surface area contributed by atoms with Crippen LogP contribution >= 0.6 is 23.8 Å². The van der Waals surface area contributed by atoms with Gasteiger partial charge >= 0.3 is 5.97 Å². The van der Waals surface area contributed by atoms with Crippen molar-refractivity contribution >= 4 is 40.6 Å². The van der Waals surface area contributed by atoms with Crippen molar-refractivity contribution in [2.24, 2.45) is 0 Å². The first kappa shape index (κ1) is 17.2. The Morgan fingerprint density at radius 1 is 1.17 bits per heavy atom. The lowest BCUT2D eigenvalue weighted by Crippen LogP contribution is -2.28. The number of hydrogen-bond donors (Lipinski definition) is 2. The molecule has 0 aromatic heterocycles. The van der Waals surface area contributed by atoms with Crippen molar-refractivity contribution in [1.82, 2.24) is 5.32 Å². The van der Waals surface area contributed by atoms with Gasteiger partial charge in [-0.1, -0.05) is 29.8 Å². The number of hydrogen-bond acceptors (Lipinski definition) is 3. The van der Waals surface area contributed by atoms with E-state index in [1.807, 2.05) is 24.3 Å². The average molecular weight is 349 g/mol. The zero-order valence-electron chi connectivity index (χ0n) is 12.6. The number of esters is 1. The molecule has 6 heteroatoms. The van der Waals surface area contributed by atoms with Gasteiger partial charge in [-0.05, 0) is 55.0 Å². The molecule has 0 heterocycles. The number of nitrogens with one attached hydrogen (secondary N) is 2. The maximum atomic E-state index is 11.6. The maximum absolute atomic E-state index is 11.6. The molecule has 0 radical (unpaired) electrons. The highest BCUT2D eigenvalue weighted by Gasteiger charge is 2.06. The fourth-order valence-electron chi connectivity index (χ4n) is 1.90. The summed E-state index contributed by atoms with van der Waals surface area (Å²) in [6, 6.07) is 14.5. The van der Waals surface area contributed by atoms with Crippen LogP contribution in [0.15, 0.2) is 48.5 Å². The van der Waals surface area contributed by atoms with Crippen molar-refractivity contribution in [1.29, 1.82) is 0 Å². The van der Waals surface area contributed by atoms with E-state index in [2.05, 4.69) is 10.6 Å². The topological polar surface area (TPSA) is 50.4 Å². The molecule has 0 saturated heterocycles. The largest absolute Gasteiger partial charge is 0.462 e. The van der Waals surface area contributed by atoms with Crippen LogP contribution < -0.4 is 10.6 Å². The van der Waals surface area contributed by atoms with Gasteiger partial charge in [-0.3, -0.25) is 0 Å².